The normalized spacial score (nSPS) is 11.9. The molecule has 1 atom stereocenters. The summed E-state index contributed by atoms with van der Waals surface area (Å²) >= 11 is 0.739. The summed E-state index contributed by atoms with van der Waals surface area (Å²) in [5.74, 6) is -1.37. The molecule has 0 bridgehead atoms. The number of carboxylic acids is 1. The predicted molar refractivity (Wildman–Crippen MR) is 125 cm³/mol. The Kier molecular flexibility index (Phi) is 9.58. The van der Waals surface area contributed by atoms with Crippen LogP contribution in [0.15, 0.2) is 33.6 Å². The van der Waals surface area contributed by atoms with Gasteiger partial charge in [0, 0.05) is 13.3 Å². The monoisotopic (exact) mass is 514 g/mol. The van der Waals surface area contributed by atoms with Gasteiger partial charge in [-0.05, 0) is 36.2 Å². The van der Waals surface area contributed by atoms with Crippen LogP contribution in [-0.2, 0) is 30.9 Å². The quantitative estimate of drug-likeness (QED) is 0.107. The SMILES string of the molecule is CC(=O)Nc1nc(C)c(S(=O)(=O)N[C@@H](Cc2ccc(OCCCON=C(N)N)cc2)C(=O)O)s1. The number of nitrogens with zero attached hydrogens (tertiary/aromatic N) is 2. The molecule has 0 aliphatic rings. The lowest BCUT2D eigenvalue weighted by atomic mass is 10.1. The van der Waals surface area contributed by atoms with Gasteiger partial charge in [0.2, 0.25) is 11.9 Å². The molecule has 0 aliphatic heterocycles. The van der Waals surface area contributed by atoms with Gasteiger partial charge in [0.1, 0.15) is 18.4 Å². The van der Waals surface area contributed by atoms with Crippen molar-refractivity contribution in [3.05, 3.63) is 35.5 Å². The summed E-state index contributed by atoms with van der Waals surface area (Å²) in [5, 5.41) is 15.5. The van der Waals surface area contributed by atoms with Gasteiger partial charge >= 0.3 is 5.97 Å². The van der Waals surface area contributed by atoms with Crippen molar-refractivity contribution in [2.75, 3.05) is 18.5 Å². The van der Waals surface area contributed by atoms with Crippen LogP contribution in [0.3, 0.4) is 0 Å². The summed E-state index contributed by atoms with van der Waals surface area (Å²) in [6, 6.07) is 5.15. The Morgan fingerprint density at radius 2 is 1.91 bits per heavy atom. The summed E-state index contributed by atoms with van der Waals surface area (Å²) < 4.78 is 33.1. The van der Waals surface area contributed by atoms with Crippen molar-refractivity contribution < 1.29 is 32.7 Å². The second kappa shape index (κ2) is 12.2. The van der Waals surface area contributed by atoms with E-state index in [4.69, 9.17) is 21.0 Å². The average Bonchev–Trinajstić information content (AvgIpc) is 3.11. The fourth-order valence-corrected chi connectivity index (χ4v) is 5.31. The van der Waals surface area contributed by atoms with E-state index >= 15 is 0 Å². The van der Waals surface area contributed by atoms with E-state index in [0.29, 0.717) is 24.3 Å². The summed E-state index contributed by atoms with van der Waals surface area (Å²) in [6.45, 7) is 3.33. The second-order valence-corrected chi connectivity index (χ2v) is 9.89. The van der Waals surface area contributed by atoms with Gasteiger partial charge < -0.3 is 31.5 Å². The largest absolute Gasteiger partial charge is 0.493 e. The number of thiazole rings is 1. The number of nitrogens with one attached hydrogen (secondary N) is 2. The third-order valence-corrected chi connectivity index (χ3v) is 7.21. The molecular weight excluding hydrogens is 488 g/mol. The molecule has 1 amide bonds. The summed E-state index contributed by atoms with van der Waals surface area (Å²) in [6.07, 6.45) is 0.430. The number of aryl methyl sites for hydroxylation is 1. The Labute approximate surface area is 200 Å². The Morgan fingerprint density at radius 1 is 1.24 bits per heavy atom. The number of amides is 1. The van der Waals surface area contributed by atoms with E-state index in [1.807, 2.05) is 0 Å². The van der Waals surface area contributed by atoms with E-state index in [2.05, 4.69) is 20.2 Å². The standard InChI is InChI=1S/C19H26N6O7S2/c1-11-17(33-19(22-11)23-12(2)26)34(29,30)25-15(16(27)28)10-13-4-6-14(7-5-13)31-8-3-9-32-24-18(20)21/h4-7,15,25H,3,8-10H2,1-2H3,(H,27,28)(H4,20,21,24)(H,22,23,26)/t15-/m0/s1. The lowest BCUT2D eigenvalue weighted by Gasteiger charge is -2.15. The summed E-state index contributed by atoms with van der Waals surface area (Å²) in [5.41, 5.74) is 11.0. The number of carbonyl (C=O) groups is 2. The Bertz CT molecular complexity index is 1130. The van der Waals surface area contributed by atoms with Gasteiger partial charge in [-0.2, -0.15) is 4.72 Å². The van der Waals surface area contributed by atoms with Gasteiger partial charge in [0.15, 0.2) is 9.34 Å². The van der Waals surface area contributed by atoms with Gasteiger partial charge in [0.25, 0.3) is 10.0 Å². The Hall–Kier alpha value is -3.43. The van der Waals surface area contributed by atoms with Crippen LogP contribution in [0, 0.1) is 6.92 Å². The van der Waals surface area contributed by atoms with E-state index < -0.39 is 27.9 Å². The number of guanidine groups is 1. The molecule has 0 aliphatic carbocycles. The van der Waals surface area contributed by atoms with Crippen molar-refractivity contribution in [1.82, 2.24) is 9.71 Å². The number of ether oxygens (including phenoxy) is 1. The minimum atomic E-state index is -4.19. The molecule has 0 unspecified atom stereocenters. The number of aliphatic carboxylic acids is 1. The van der Waals surface area contributed by atoms with Crippen LogP contribution in [-0.4, -0.2) is 55.6 Å². The van der Waals surface area contributed by atoms with Gasteiger partial charge in [0.05, 0.1) is 12.3 Å². The van der Waals surface area contributed by atoms with Crippen LogP contribution in [0.4, 0.5) is 5.13 Å². The van der Waals surface area contributed by atoms with Crippen LogP contribution >= 0.6 is 11.3 Å². The molecule has 0 radical (unpaired) electrons. The van der Waals surface area contributed by atoms with Crippen molar-refractivity contribution in [2.24, 2.45) is 16.6 Å². The first-order chi connectivity index (χ1) is 16.0. The van der Waals surface area contributed by atoms with E-state index in [-0.39, 0.29) is 34.0 Å². The zero-order valence-corrected chi connectivity index (χ0v) is 20.1. The van der Waals surface area contributed by atoms with E-state index in [1.54, 1.807) is 24.3 Å². The molecule has 186 valence electrons. The molecule has 0 saturated heterocycles. The lowest BCUT2D eigenvalue weighted by Crippen LogP contribution is -2.42. The topological polar surface area (TPSA) is 208 Å². The molecular formula is C19H26N6O7S2. The molecule has 0 spiro atoms. The van der Waals surface area contributed by atoms with Crippen molar-refractivity contribution in [1.29, 1.82) is 0 Å². The zero-order valence-electron chi connectivity index (χ0n) is 18.5. The summed E-state index contributed by atoms with van der Waals surface area (Å²) in [7, 11) is -4.19. The number of benzene rings is 1. The molecule has 2 rings (SSSR count). The first-order valence-corrected chi connectivity index (χ1v) is 12.2. The third kappa shape index (κ3) is 8.49. The van der Waals surface area contributed by atoms with Crippen LogP contribution in [0.2, 0.25) is 0 Å². The zero-order chi connectivity index (χ0) is 25.3. The predicted octanol–water partition coefficient (Wildman–Crippen LogP) is 0.358. The lowest BCUT2D eigenvalue weighted by molar-refractivity contribution is -0.138. The molecule has 2 aromatic rings. The van der Waals surface area contributed by atoms with Crippen LogP contribution in [0.5, 0.6) is 5.75 Å². The molecule has 1 aromatic carbocycles. The molecule has 1 heterocycles. The maximum atomic E-state index is 12.8. The number of carboxylic acid groups (broad SMARTS) is 1. The van der Waals surface area contributed by atoms with Crippen molar-refractivity contribution in [3.8, 4) is 5.75 Å². The second-order valence-electron chi connectivity index (χ2n) is 6.98. The van der Waals surface area contributed by atoms with Gasteiger partial charge in [-0.3, -0.25) is 9.59 Å². The van der Waals surface area contributed by atoms with Crippen molar-refractivity contribution in [2.45, 2.75) is 36.9 Å². The minimum absolute atomic E-state index is 0.0996. The highest BCUT2D eigenvalue weighted by molar-refractivity contribution is 7.91. The summed E-state index contributed by atoms with van der Waals surface area (Å²) in [4.78, 5) is 31.7. The molecule has 1 aromatic heterocycles. The molecule has 7 N–H and O–H groups in total. The highest BCUT2D eigenvalue weighted by Crippen LogP contribution is 2.27. The maximum Gasteiger partial charge on any atom is 0.322 e. The van der Waals surface area contributed by atoms with E-state index in [1.165, 1.54) is 13.8 Å². The number of carbonyl (C=O) groups excluding carboxylic acids is 1. The van der Waals surface area contributed by atoms with Gasteiger partial charge in [-0.15, -0.1) is 0 Å². The van der Waals surface area contributed by atoms with Crippen molar-refractivity contribution >= 4 is 44.3 Å². The first-order valence-electron chi connectivity index (χ1n) is 9.90. The first kappa shape index (κ1) is 26.8. The minimum Gasteiger partial charge on any atom is -0.493 e. The molecule has 0 fully saturated rings. The van der Waals surface area contributed by atoms with E-state index in [9.17, 15) is 23.1 Å². The highest BCUT2D eigenvalue weighted by Gasteiger charge is 2.29. The van der Waals surface area contributed by atoms with Crippen LogP contribution in [0.1, 0.15) is 24.6 Å². The molecule has 15 heteroatoms. The number of hydrogen-bond donors (Lipinski definition) is 5. The number of anilines is 1. The number of rotatable bonds is 13. The van der Waals surface area contributed by atoms with E-state index in [0.717, 1.165) is 11.3 Å². The third-order valence-electron chi connectivity index (χ3n) is 4.06. The number of aromatic nitrogens is 1. The Balaban J connectivity index is 1.98. The fourth-order valence-electron chi connectivity index (χ4n) is 2.65. The molecule has 13 nitrogen and oxygen atoms in total. The van der Waals surface area contributed by atoms with Crippen LogP contribution < -0.4 is 26.2 Å². The number of sulfonamides is 1. The average molecular weight is 515 g/mol. The van der Waals surface area contributed by atoms with Crippen molar-refractivity contribution in [3.63, 3.8) is 0 Å². The Morgan fingerprint density at radius 3 is 2.50 bits per heavy atom. The number of oxime groups is 1. The smallest absolute Gasteiger partial charge is 0.322 e. The molecule has 34 heavy (non-hydrogen) atoms. The fraction of sp³-hybridized carbons (Fsp3) is 0.368. The van der Waals surface area contributed by atoms with Crippen LogP contribution in [0.25, 0.3) is 0 Å². The van der Waals surface area contributed by atoms with Gasteiger partial charge in [-0.1, -0.05) is 23.5 Å². The highest BCUT2D eigenvalue weighted by atomic mass is 32.2. The maximum absolute atomic E-state index is 12.8. The number of hydrogen-bond acceptors (Lipinski definition) is 9. The number of nitrogens with two attached hydrogens (primary N) is 2. The molecule has 0 saturated carbocycles. The van der Waals surface area contributed by atoms with Gasteiger partial charge in [-0.25, -0.2) is 13.4 Å².